The number of hydrogen-bond donors (Lipinski definition) is 0. The molecule has 1 aromatic carbocycles. The molecular weight excluding hydrogens is 194 g/mol. The van der Waals surface area contributed by atoms with Gasteiger partial charge in [-0.3, -0.25) is 4.98 Å². The zero-order valence-electron chi connectivity index (χ0n) is 10.3. The first kappa shape index (κ1) is 10.9. The lowest BCUT2D eigenvalue weighted by atomic mass is 9.96. The zero-order valence-corrected chi connectivity index (χ0v) is 10.3. The molecule has 2 aromatic rings. The van der Waals surface area contributed by atoms with Gasteiger partial charge in [-0.05, 0) is 56.0 Å². The number of nitrogens with zero attached hydrogens (tertiary/aromatic N) is 1. The van der Waals surface area contributed by atoms with E-state index in [9.17, 15) is 0 Å². The molecule has 1 heteroatoms. The number of hydrogen-bond acceptors (Lipinski definition) is 1. The monoisotopic (exact) mass is 211 g/mol. The summed E-state index contributed by atoms with van der Waals surface area (Å²) < 4.78 is 0. The largest absolute Gasteiger partial charge is 0.256 e. The van der Waals surface area contributed by atoms with Gasteiger partial charge in [-0.1, -0.05) is 18.2 Å². The van der Waals surface area contributed by atoms with Crippen molar-refractivity contribution in [1.29, 1.82) is 0 Å². The maximum Gasteiger partial charge on any atom is 0.0704 e. The Hall–Kier alpha value is -1.63. The van der Waals surface area contributed by atoms with Gasteiger partial charge in [-0.25, -0.2) is 0 Å². The first-order valence-corrected chi connectivity index (χ1v) is 5.59. The summed E-state index contributed by atoms with van der Waals surface area (Å²) >= 11 is 0. The van der Waals surface area contributed by atoms with Crippen molar-refractivity contribution in [2.24, 2.45) is 0 Å². The van der Waals surface area contributed by atoms with Crippen LogP contribution in [-0.2, 0) is 0 Å². The first-order chi connectivity index (χ1) is 7.59. The molecule has 1 heterocycles. The molecule has 0 fully saturated rings. The topological polar surface area (TPSA) is 12.9 Å². The van der Waals surface area contributed by atoms with Crippen LogP contribution < -0.4 is 0 Å². The van der Waals surface area contributed by atoms with Gasteiger partial charge < -0.3 is 0 Å². The molecule has 0 amide bonds. The fourth-order valence-electron chi connectivity index (χ4n) is 1.86. The number of pyridine rings is 1. The van der Waals surface area contributed by atoms with Gasteiger partial charge in [-0.2, -0.15) is 0 Å². The van der Waals surface area contributed by atoms with Crippen LogP contribution in [-0.4, -0.2) is 4.98 Å². The summed E-state index contributed by atoms with van der Waals surface area (Å²) in [6.45, 7) is 8.54. The first-order valence-electron chi connectivity index (χ1n) is 5.59. The quantitative estimate of drug-likeness (QED) is 0.695. The Morgan fingerprint density at radius 3 is 2.19 bits per heavy atom. The molecule has 0 aliphatic rings. The number of aryl methyl sites for hydroxylation is 2. The molecule has 0 atom stereocenters. The van der Waals surface area contributed by atoms with E-state index < -0.39 is 0 Å². The van der Waals surface area contributed by atoms with Crippen molar-refractivity contribution in [1.82, 2.24) is 4.98 Å². The summed E-state index contributed by atoms with van der Waals surface area (Å²) in [5.74, 6) is 0. The molecule has 0 aliphatic carbocycles. The van der Waals surface area contributed by atoms with Crippen LogP contribution in [0.15, 0.2) is 30.5 Å². The maximum atomic E-state index is 4.48. The molecule has 2 rings (SSSR count). The molecule has 0 bridgehead atoms. The van der Waals surface area contributed by atoms with Gasteiger partial charge in [-0.15, -0.1) is 0 Å². The summed E-state index contributed by atoms with van der Waals surface area (Å²) in [4.78, 5) is 4.48. The predicted octanol–water partition coefficient (Wildman–Crippen LogP) is 3.98. The average Bonchev–Trinajstić information content (AvgIpc) is 2.28. The lowest BCUT2D eigenvalue weighted by Gasteiger charge is -2.10. The summed E-state index contributed by atoms with van der Waals surface area (Å²) in [5.41, 5.74) is 7.53. The fraction of sp³-hybridized carbons (Fsp3) is 0.267. The second kappa shape index (κ2) is 4.09. The van der Waals surface area contributed by atoms with Gasteiger partial charge in [0.2, 0.25) is 0 Å². The Kier molecular flexibility index (Phi) is 2.78. The Balaban J connectivity index is 2.57. The van der Waals surface area contributed by atoms with E-state index in [-0.39, 0.29) is 0 Å². The van der Waals surface area contributed by atoms with E-state index in [1.807, 2.05) is 6.20 Å². The fourth-order valence-corrected chi connectivity index (χ4v) is 1.86. The van der Waals surface area contributed by atoms with E-state index in [1.165, 1.54) is 27.8 Å². The third-order valence-corrected chi connectivity index (χ3v) is 3.25. The summed E-state index contributed by atoms with van der Waals surface area (Å²) in [6, 6.07) is 8.53. The van der Waals surface area contributed by atoms with Crippen LogP contribution in [0.4, 0.5) is 0 Å². The van der Waals surface area contributed by atoms with Gasteiger partial charge in [0.15, 0.2) is 0 Å². The second-order valence-corrected chi connectivity index (χ2v) is 4.40. The number of aromatic nitrogens is 1. The van der Waals surface area contributed by atoms with E-state index in [1.54, 1.807) is 0 Å². The van der Waals surface area contributed by atoms with Crippen molar-refractivity contribution < 1.29 is 0 Å². The Morgan fingerprint density at radius 1 is 0.812 bits per heavy atom. The minimum atomic E-state index is 1.06. The van der Waals surface area contributed by atoms with Gasteiger partial charge in [0.25, 0.3) is 0 Å². The highest BCUT2D eigenvalue weighted by Crippen LogP contribution is 2.25. The highest BCUT2D eigenvalue weighted by atomic mass is 14.7. The molecule has 1 aromatic heterocycles. The van der Waals surface area contributed by atoms with Crippen molar-refractivity contribution in [2.45, 2.75) is 27.7 Å². The van der Waals surface area contributed by atoms with Gasteiger partial charge in [0.1, 0.15) is 0 Å². The van der Waals surface area contributed by atoms with Crippen molar-refractivity contribution in [2.75, 3.05) is 0 Å². The van der Waals surface area contributed by atoms with Crippen molar-refractivity contribution in [3.05, 3.63) is 52.7 Å². The van der Waals surface area contributed by atoms with Crippen LogP contribution in [0.1, 0.15) is 22.3 Å². The molecule has 0 radical (unpaired) electrons. The lowest BCUT2D eigenvalue weighted by molar-refractivity contribution is 1.22. The van der Waals surface area contributed by atoms with Crippen LogP contribution in [0.5, 0.6) is 0 Å². The summed E-state index contributed by atoms with van der Waals surface area (Å²) in [6.07, 6.45) is 1.92. The van der Waals surface area contributed by atoms with Crippen LogP contribution in [0, 0.1) is 27.7 Å². The molecular formula is C15H17N. The van der Waals surface area contributed by atoms with Gasteiger partial charge in [0.05, 0.1) is 5.69 Å². The molecule has 0 unspecified atom stereocenters. The van der Waals surface area contributed by atoms with Gasteiger partial charge >= 0.3 is 0 Å². The van der Waals surface area contributed by atoms with E-state index in [2.05, 4.69) is 56.9 Å². The van der Waals surface area contributed by atoms with Crippen LogP contribution in [0.2, 0.25) is 0 Å². The number of benzene rings is 1. The van der Waals surface area contributed by atoms with Crippen LogP contribution in [0.25, 0.3) is 11.3 Å². The van der Waals surface area contributed by atoms with Crippen molar-refractivity contribution >= 4 is 0 Å². The van der Waals surface area contributed by atoms with E-state index in [0.29, 0.717) is 0 Å². The number of rotatable bonds is 1. The normalized spacial score (nSPS) is 10.5. The predicted molar refractivity (Wildman–Crippen MR) is 68.6 cm³/mol. The molecule has 16 heavy (non-hydrogen) atoms. The zero-order chi connectivity index (χ0) is 11.7. The van der Waals surface area contributed by atoms with Crippen LogP contribution in [0.3, 0.4) is 0 Å². The molecule has 0 saturated carbocycles. The molecule has 1 nitrogen and oxygen atoms in total. The second-order valence-electron chi connectivity index (χ2n) is 4.40. The van der Waals surface area contributed by atoms with Crippen LogP contribution >= 0.6 is 0 Å². The van der Waals surface area contributed by atoms with Gasteiger partial charge in [0, 0.05) is 11.8 Å². The SMILES string of the molecule is Cc1ccc(-c2ccc(C)c(C)c2C)nc1. The van der Waals surface area contributed by atoms with Crippen molar-refractivity contribution in [3.63, 3.8) is 0 Å². The molecule has 0 aliphatic heterocycles. The Morgan fingerprint density at radius 2 is 1.56 bits per heavy atom. The summed E-state index contributed by atoms with van der Waals surface area (Å²) in [5, 5.41) is 0. The minimum Gasteiger partial charge on any atom is -0.256 e. The lowest BCUT2D eigenvalue weighted by Crippen LogP contribution is -1.92. The maximum absolute atomic E-state index is 4.48. The van der Waals surface area contributed by atoms with E-state index in [0.717, 1.165) is 5.69 Å². The minimum absolute atomic E-state index is 1.06. The smallest absolute Gasteiger partial charge is 0.0704 e. The molecule has 0 spiro atoms. The van der Waals surface area contributed by atoms with E-state index >= 15 is 0 Å². The Labute approximate surface area is 97.2 Å². The highest BCUT2D eigenvalue weighted by Gasteiger charge is 2.06. The Bertz CT molecular complexity index is 510. The third kappa shape index (κ3) is 1.85. The highest BCUT2D eigenvalue weighted by molar-refractivity contribution is 5.65. The average molecular weight is 211 g/mol. The third-order valence-electron chi connectivity index (χ3n) is 3.25. The molecule has 0 N–H and O–H groups in total. The standard InChI is InChI=1S/C15H17N/c1-10-5-8-15(16-9-10)14-7-6-11(2)12(3)13(14)4/h5-9H,1-4H3. The van der Waals surface area contributed by atoms with E-state index in [4.69, 9.17) is 0 Å². The summed E-state index contributed by atoms with van der Waals surface area (Å²) in [7, 11) is 0. The molecule has 0 saturated heterocycles. The molecule has 82 valence electrons. The van der Waals surface area contributed by atoms with Crippen molar-refractivity contribution in [3.8, 4) is 11.3 Å².